The summed E-state index contributed by atoms with van der Waals surface area (Å²) in [7, 11) is 1.92. The second-order valence-corrected chi connectivity index (χ2v) is 8.10. The van der Waals surface area contributed by atoms with Crippen molar-refractivity contribution in [2.24, 2.45) is 5.92 Å². The number of halogens is 1. The zero-order valence-electron chi connectivity index (χ0n) is 17.3. The van der Waals surface area contributed by atoms with Gasteiger partial charge in [-0.3, -0.25) is 9.48 Å². The van der Waals surface area contributed by atoms with Crippen molar-refractivity contribution in [2.75, 3.05) is 22.6 Å². The van der Waals surface area contributed by atoms with Crippen LogP contribution in [0.25, 0.3) is 0 Å². The van der Waals surface area contributed by atoms with E-state index in [0.29, 0.717) is 30.6 Å². The number of anilines is 3. The average Bonchev–Trinajstić information content (AvgIpc) is 3.47. The van der Waals surface area contributed by atoms with Gasteiger partial charge in [-0.1, -0.05) is 6.07 Å². The van der Waals surface area contributed by atoms with Crippen molar-refractivity contribution in [1.29, 1.82) is 0 Å². The lowest BCUT2D eigenvalue weighted by Crippen LogP contribution is -2.48. The van der Waals surface area contributed by atoms with E-state index in [9.17, 15) is 9.18 Å². The lowest BCUT2D eigenvalue weighted by atomic mass is 10.1. The molecule has 2 N–H and O–H groups in total. The quantitative estimate of drug-likeness (QED) is 0.588. The molecule has 0 spiro atoms. The van der Waals surface area contributed by atoms with Crippen molar-refractivity contribution in [1.82, 2.24) is 24.7 Å². The van der Waals surface area contributed by atoms with E-state index in [1.165, 1.54) is 12.3 Å². The summed E-state index contributed by atoms with van der Waals surface area (Å²) in [5.74, 6) is 1.17. The van der Waals surface area contributed by atoms with Crippen LogP contribution >= 0.6 is 0 Å². The molecule has 3 aromatic heterocycles. The summed E-state index contributed by atoms with van der Waals surface area (Å²) in [6, 6.07) is 2.86. The minimum Gasteiger partial charge on any atom is -0.350 e. The van der Waals surface area contributed by atoms with Crippen molar-refractivity contribution in [3.8, 4) is 0 Å². The van der Waals surface area contributed by atoms with Gasteiger partial charge in [0.2, 0.25) is 17.8 Å². The number of likely N-dealkylation sites (N-methyl/N-ethyl adjacent to an activating group) is 1. The summed E-state index contributed by atoms with van der Waals surface area (Å²) in [6.07, 6.45) is 7.33. The van der Waals surface area contributed by atoms with E-state index in [1.54, 1.807) is 16.9 Å². The Bertz CT molecular complexity index is 1120. The normalized spacial score (nSPS) is 18.0. The molecule has 10 heteroatoms. The molecular formula is C21H23FN8O. The Morgan fingerprint density at radius 3 is 2.81 bits per heavy atom. The summed E-state index contributed by atoms with van der Waals surface area (Å²) >= 11 is 0. The summed E-state index contributed by atoms with van der Waals surface area (Å²) in [5.41, 5.74) is 3.23. The second-order valence-electron chi connectivity index (χ2n) is 8.10. The molecule has 3 aromatic rings. The second kappa shape index (κ2) is 7.60. The largest absolute Gasteiger partial charge is 0.350 e. The first-order valence-corrected chi connectivity index (χ1v) is 10.3. The summed E-state index contributed by atoms with van der Waals surface area (Å²) in [6.45, 7) is 2.88. The zero-order valence-corrected chi connectivity index (χ0v) is 17.3. The number of amides is 1. The predicted octanol–water partition coefficient (Wildman–Crippen LogP) is 2.34. The van der Waals surface area contributed by atoms with Gasteiger partial charge in [0, 0.05) is 31.5 Å². The highest BCUT2D eigenvalue weighted by Gasteiger charge is 2.43. The molecule has 31 heavy (non-hydrogen) atoms. The molecule has 1 fully saturated rings. The van der Waals surface area contributed by atoms with Crippen LogP contribution in [0.3, 0.4) is 0 Å². The van der Waals surface area contributed by atoms with Crippen LogP contribution in [0.15, 0.2) is 30.7 Å². The van der Waals surface area contributed by atoms with E-state index < -0.39 is 5.95 Å². The SMILES string of the molecule is Cc1nc(NCc2cnn(Cc3ccc(F)nc3)c2)nc2c1NC(=O)C(C1CC1)N2C. The Labute approximate surface area is 178 Å². The molecule has 1 aliphatic carbocycles. The van der Waals surface area contributed by atoms with E-state index in [1.807, 2.05) is 25.1 Å². The number of fused-ring (bicyclic) bond motifs is 1. The molecule has 1 unspecified atom stereocenters. The Hall–Kier alpha value is -3.56. The lowest BCUT2D eigenvalue weighted by molar-refractivity contribution is -0.118. The molecule has 0 radical (unpaired) electrons. The Morgan fingerprint density at radius 1 is 1.23 bits per heavy atom. The number of carbonyl (C=O) groups excluding carboxylic acids is 1. The Morgan fingerprint density at radius 2 is 2.06 bits per heavy atom. The molecule has 0 bridgehead atoms. The molecule has 4 heterocycles. The van der Waals surface area contributed by atoms with Gasteiger partial charge in [-0.2, -0.15) is 14.5 Å². The van der Waals surface area contributed by atoms with Crippen LogP contribution in [-0.4, -0.2) is 43.7 Å². The third-order valence-corrected chi connectivity index (χ3v) is 5.68. The Kier molecular flexibility index (Phi) is 4.76. The van der Waals surface area contributed by atoms with Crippen LogP contribution in [0, 0.1) is 18.8 Å². The molecule has 1 saturated carbocycles. The number of rotatable bonds is 6. The number of carbonyl (C=O) groups is 1. The van der Waals surface area contributed by atoms with E-state index >= 15 is 0 Å². The maximum atomic E-state index is 13.0. The molecule has 160 valence electrons. The minimum absolute atomic E-state index is 0.0219. The number of nitrogens with zero attached hydrogens (tertiary/aromatic N) is 6. The first-order valence-electron chi connectivity index (χ1n) is 10.3. The fourth-order valence-electron chi connectivity index (χ4n) is 3.94. The van der Waals surface area contributed by atoms with Gasteiger partial charge in [0.05, 0.1) is 18.4 Å². The van der Waals surface area contributed by atoms with Gasteiger partial charge in [-0.15, -0.1) is 0 Å². The fraction of sp³-hybridized carbons (Fsp3) is 0.381. The van der Waals surface area contributed by atoms with Crippen molar-refractivity contribution in [3.63, 3.8) is 0 Å². The molecule has 1 amide bonds. The minimum atomic E-state index is -0.497. The number of aromatic nitrogens is 5. The molecule has 5 rings (SSSR count). The van der Waals surface area contributed by atoms with Crippen LogP contribution in [-0.2, 0) is 17.9 Å². The van der Waals surface area contributed by atoms with Crippen LogP contribution in [0.5, 0.6) is 0 Å². The topological polar surface area (TPSA) is 101 Å². The van der Waals surface area contributed by atoms with E-state index in [4.69, 9.17) is 0 Å². The summed E-state index contributed by atoms with van der Waals surface area (Å²) < 4.78 is 14.7. The fourth-order valence-corrected chi connectivity index (χ4v) is 3.94. The smallest absolute Gasteiger partial charge is 0.247 e. The highest BCUT2D eigenvalue weighted by molar-refractivity contribution is 6.03. The molecule has 2 aliphatic rings. The lowest BCUT2D eigenvalue weighted by Gasteiger charge is -2.35. The third kappa shape index (κ3) is 3.92. The van der Waals surface area contributed by atoms with E-state index in [-0.39, 0.29) is 11.9 Å². The number of aryl methyl sites for hydroxylation is 1. The van der Waals surface area contributed by atoms with Gasteiger partial charge in [0.1, 0.15) is 11.7 Å². The zero-order chi connectivity index (χ0) is 21.5. The first-order chi connectivity index (χ1) is 15.0. The Balaban J connectivity index is 1.28. The number of nitrogens with one attached hydrogen (secondary N) is 2. The maximum absolute atomic E-state index is 13.0. The maximum Gasteiger partial charge on any atom is 0.247 e. The van der Waals surface area contributed by atoms with Crippen LogP contribution < -0.4 is 15.5 Å². The molecule has 1 atom stereocenters. The highest BCUT2D eigenvalue weighted by Crippen LogP contribution is 2.41. The molecule has 9 nitrogen and oxygen atoms in total. The van der Waals surface area contributed by atoms with Gasteiger partial charge in [-0.25, -0.2) is 9.97 Å². The molecule has 0 aromatic carbocycles. The van der Waals surface area contributed by atoms with Crippen LogP contribution in [0.4, 0.5) is 21.8 Å². The summed E-state index contributed by atoms with van der Waals surface area (Å²) in [5, 5.41) is 10.6. The monoisotopic (exact) mass is 422 g/mol. The predicted molar refractivity (Wildman–Crippen MR) is 113 cm³/mol. The molecule has 1 aliphatic heterocycles. The van der Waals surface area contributed by atoms with Crippen molar-refractivity contribution in [2.45, 2.75) is 38.9 Å². The number of hydrogen-bond donors (Lipinski definition) is 2. The third-order valence-electron chi connectivity index (χ3n) is 5.68. The van der Waals surface area contributed by atoms with Crippen molar-refractivity contribution < 1.29 is 9.18 Å². The molecule has 0 saturated heterocycles. The molecular weight excluding hydrogens is 399 g/mol. The van der Waals surface area contributed by atoms with Gasteiger partial charge >= 0.3 is 0 Å². The van der Waals surface area contributed by atoms with Crippen molar-refractivity contribution >= 4 is 23.4 Å². The van der Waals surface area contributed by atoms with E-state index in [2.05, 4.69) is 30.7 Å². The summed E-state index contributed by atoms with van der Waals surface area (Å²) in [4.78, 5) is 27.3. The van der Waals surface area contributed by atoms with Crippen molar-refractivity contribution in [3.05, 3.63) is 53.5 Å². The highest BCUT2D eigenvalue weighted by atomic mass is 19.1. The number of hydrogen-bond acceptors (Lipinski definition) is 7. The van der Waals surface area contributed by atoms with Gasteiger partial charge in [0.25, 0.3) is 0 Å². The number of pyridine rings is 1. The van der Waals surface area contributed by atoms with Crippen LogP contribution in [0.1, 0.15) is 29.7 Å². The van der Waals surface area contributed by atoms with Crippen LogP contribution in [0.2, 0.25) is 0 Å². The van der Waals surface area contributed by atoms with E-state index in [0.717, 1.165) is 35.5 Å². The first kappa shape index (κ1) is 19.4. The standard InChI is InChI=1S/C21H23FN8O/c1-12-17-19(29(2)18(15-4-5-15)20(31)27-17)28-21(26-12)24-8-14-9-25-30(11-14)10-13-3-6-16(22)23-7-13/h3,6-7,9,11,15,18H,4-5,8,10H2,1-2H3,(H,27,31)(H,24,26,28). The average molecular weight is 422 g/mol. The van der Waals surface area contributed by atoms with Gasteiger partial charge in [0.15, 0.2) is 5.82 Å². The van der Waals surface area contributed by atoms with Gasteiger partial charge < -0.3 is 15.5 Å². The van der Waals surface area contributed by atoms with Gasteiger partial charge in [-0.05, 0) is 37.3 Å².